The molecule has 0 spiro atoms. The predicted molar refractivity (Wildman–Crippen MR) is 98.8 cm³/mol. The first-order valence-electron chi connectivity index (χ1n) is 7.59. The van der Waals surface area contributed by atoms with Gasteiger partial charge in [-0.05, 0) is 25.1 Å². The number of carbonyl (C=O) groups is 1. The van der Waals surface area contributed by atoms with Crippen LogP contribution in [0.1, 0.15) is 27.7 Å². The van der Waals surface area contributed by atoms with Gasteiger partial charge in [0.25, 0.3) is 9.70 Å². The first-order chi connectivity index (χ1) is 10.2. The Morgan fingerprint density at radius 3 is 2.26 bits per heavy atom. The van der Waals surface area contributed by atoms with Crippen molar-refractivity contribution in [3.8, 4) is 0 Å². The maximum absolute atomic E-state index is 11.7. The van der Waals surface area contributed by atoms with Crippen molar-refractivity contribution in [2.75, 3.05) is 6.61 Å². The molecule has 0 aliphatic carbocycles. The van der Waals surface area contributed by atoms with E-state index < -0.39 is 18.0 Å². The van der Waals surface area contributed by atoms with E-state index >= 15 is 0 Å². The van der Waals surface area contributed by atoms with Crippen LogP contribution in [-0.2, 0) is 14.0 Å². The molecule has 0 bridgehead atoms. The smallest absolute Gasteiger partial charge is 0.272 e. The summed E-state index contributed by atoms with van der Waals surface area (Å²) in [5, 5.41) is 2.80. The van der Waals surface area contributed by atoms with Gasteiger partial charge >= 0.3 is 0 Å². The fourth-order valence-corrected chi connectivity index (χ4v) is 2.98. The summed E-state index contributed by atoms with van der Waals surface area (Å²) in [5.41, 5.74) is 0. The summed E-state index contributed by atoms with van der Waals surface area (Å²) in [6.07, 6.45) is 3.38. The summed E-state index contributed by atoms with van der Waals surface area (Å²) in [6.45, 7) is 13.4. The number of ether oxygens (including phenoxy) is 1. The lowest BCUT2D eigenvalue weighted by Gasteiger charge is -2.38. The highest BCUT2D eigenvalue weighted by atomic mass is 35.6. The summed E-state index contributed by atoms with van der Waals surface area (Å²) in [5.74, 6) is -0.663. The van der Waals surface area contributed by atoms with Crippen molar-refractivity contribution in [3.05, 3.63) is 12.2 Å². The molecule has 0 aromatic rings. The molecule has 134 valence electrons. The van der Waals surface area contributed by atoms with Crippen LogP contribution in [0.3, 0.4) is 0 Å². The fraction of sp³-hybridized carbons (Fsp3) is 0.800. The molecule has 1 rings (SSSR count). The van der Waals surface area contributed by atoms with E-state index in [4.69, 9.17) is 44.0 Å². The molecule has 0 aromatic heterocycles. The molecule has 1 aliphatic rings. The van der Waals surface area contributed by atoms with E-state index in [9.17, 15) is 4.79 Å². The zero-order valence-electron chi connectivity index (χ0n) is 14.5. The van der Waals surface area contributed by atoms with Crippen molar-refractivity contribution in [2.45, 2.75) is 67.9 Å². The van der Waals surface area contributed by atoms with E-state index in [1.165, 1.54) is 0 Å². The SMILES string of the molecule is C[C@H]1O[C@H](CO[Si](C)(C)C(C)(C)C)C=C[C@H]1NC(=O)C(Cl)(Cl)Cl. The van der Waals surface area contributed by atoms with Gasteiger partial charge in [0.2, 0.25) is 0 Å². The standard InChI is InChI=1S/C15H26Cl3NO3Si/c1-10-12(19-13(20)15(16,17)18)8-7-11(22-10)9-21-23(5,6)14(2,3)4/h7-8,10-12H,9H2,1-6H3,(H,19,20)/t10-,11+,12-/m1/s1. The molecule has 1 amide bonds. The van der Waals surface area contributed by atoms with Crippen molar-refractivity contribution in [3.63, 3.8) is 0 Å². The first-order valence-corrected chi connectivity index (χ1v) is 11.6. The van der Waals surface area contributed by atoms with Gasteiger partial charge in [-0.2, -0.15) is 0 Å². The zero-order chi connectivity index (χ0) is 18.1. The van der Waals surface area contributed by atoms with E-state index in [1.54, 1.807) is 0 Å². The van der Waals surface area contributed by atoms with E-state index in [2.05, 4.69) is 39.2 Å². The largest absolute Gasteiger partial charge is 0.414 e. The van der Waals surface area contributed by atoms with Gasteiger partial charge in [-0.3, -0.25) is 4.79 Å². The third-order valence-corrected chi connectivity index (χ3v) is 9.41. The van der Waals surface area contributed by atoms with Crippen molar-refractivity contribution >= 4 is 49.0 Å². The van der Waals surface area contributed by atoms with Crippen LogP contribution >= 0.6 is 34.8 Å². The first kappa shape index (κ1) is 21.3. The number of halogens is 3. The molecular weight excluding hydrogens is 377 g/mol. The number of hydrogen-bond acceptors (Lipinski definition) is 3. The van der Waals surface area contributed by atoms with Gasteiger partial charge in [-0.25, -0.2) is 0 Å². The Hall–Kier alpha value is 0.217. The van der Waals surface area contributed by atoms with Gasteiger partial charge in [-0.15, -0.1) is 0 Å². The molecule has 0 saturated heterocycles. The van der Waals surface area contributed by atoms with Crippen LogP contribution in [-0.4, -0.2) is 42.9 Å². The van der Waals surface area contributed by atoms with Gasteiger partial charge in [0.1, 0.15) is 0 Å². The van der Waals surface area contributed by atoms with Gasteiger partial charge < -0.3 is 14.5 Å². The summed E-state index contributed by atoms with van der Waals surface area (Å²) < 4.78 is 10.1. The lowest BCUT2D eigenvalue weighted by Crippen LogP contribution is -2.50. The monoisotopic (exact) mass is 401 g/mol. The average Bonchev–Trinajstić information content (AvgIpc) is 2.36. The number of hydrogen-bond donors (Lipinski definition) is 1. The minimum atomic E-state index is -1.98. The Morgan fingerprint density at radius 1 is 1.26 bits per heavy atom. The van der Waals surface area contributed by atoms with Crippen molar-refractivity contribution in [1.82, 2.24) is 5.32 Å². The number of rotatable bonds is 4. The number of alkyl halides is 3. The van der Waals surface area contributed by atoms with Crippen LogP contribution in [0, 0.1) is 0 Å². The van der Waals surface area contributed by atoms with Crippen LogP contribution in [0.5, 0.6) is 0 Å². The number of carbonyl (C=O) groups excluding carboxylic acids is 1. The molecule has 3 atom stereocenters. The van der Waals surface area contributed by atoms with E-state index in [-0.39, 0.29) is 23.3 Å². The minimum Gasteiger partial charge on any atom is -0.414 e. The molecule has 8 heteroatoms. The topological polar surface area (TPSA) is 47.6 Å². The van der Waals surface area contributed by atoms with Crippen LogP contribution in [0.4, 0.5) is 0 Å². The molecular formula is C15H26Cl3NO3Si. The van der Waals surface area contributed by atoms with Crippen molar-refractivity contribution in [1.29, 1.82) is 0 Å². The van der Waals surface area contributed by atoms with Crippen LogP contribution in [0.15, 0.2) is 12.2 Å². The molecule has 0 aromatic carbocycles. The maximum atomic E-state index is 11.7. The van der Waals surface area contributed by atoms with Crippen molar-refractivity contribution < 1.29 is 14.0 Å². The number of nitrogens with one attached hydrogen (secondary N) is 1. The fourth-order valence-electron chi connectivity index (χ4n) is 1.81. The zero-order valence-corrected chi connectivity index (χ0v) is 17.7. The Morgan fingerprint density at radius 2 is 1.83 bits per heavy atom. The van der Waals surface area contributed by atoms with Gasteiger partial charge in [0.05, 0.1) is 24.9 Å². The highest BCUT2D eigenvalue weighted by molar-refractivity contribution is 6.76. The molecule has 1 aliphatic heterocycles. The van der Waals surface area contributed by atoms with E-state index in [1.807, 2.05) is 19.1 Å². The lowest BCUT2D eigenvalue weighted by atomic mass is 10.1. The Bertz CT molecular complexity index is 458. The van der Waals surface area contributed by atoms with Crippen LogP contribution < -0.4 is 5.32 Å². The van der Waals surface area contributed by atoms with Gasteiger partial charge in [-0.1, -0.05) is 67.7 Å². The molecule has 0 saturated carbocycles. The van der Waals surface area contributed by atoms with E-state index in [0.717, 1.165) is 0 Å². The minimum absolute atomic E-state index is 0.139. The molecule has 4 nitrogen and oxygen atoms in total. The molecule has 0 radical (unpaired) electrons. The van der Waals surface area contributed by atoms with Crippen LogP contribution in [0.2, 0.25) is 18.1 Å². The normalized spacial score (nSPS) is 26.2. The quantitative estimate of drug-likeness (QED) is 0.435. The maximum Gasteiger partial charge on any atom is 0.272 e. The molecule has 1 N–H and O–H groups in total. The summed E-state index contributed by atoms with van der Waals surface area (Å²) in [6, 6.07) is -0.331. The second kappa shape index (κ2) is 7.62. The Kier molecular flexibility index (Phi) is 7.05. The Balaban J connectivity index is 2.59. The third kappa shape index (κ3) is 6.22. The summed E-state index contributed by atoms with van der Waals surface area (Å²) in [4.78, 5) is 11.7. The van der Waals surface area contributed by atoms with Crippen molar-refractivity contribution in [2.24, 2.45) is 0 Å². The second-order valence-corrected chi connectivity index (χ2v) is 14.4. The highest BCUT2D eigenvalue weighted by Gasteiger charge is 2.38. The lowest BCUT2D eigenvalue weighted by molar-refractivity contribution is -0.122. The summed E-state index contributed by atoms with van der Waals surface area (Å²) >= 11 is 16.7. The predicted octanol–water partition coefficient (Wildman–Crippen LogP) is 4.21. The summed E-state index contributed by atoms with van der Waals surface area (Å²) in [7, 11) is -1.81. The molecule has 1 heterocycles. The van der Waals surface area contributed by atoms with Crippen LogP contribution in [0.25, 0.3) is 0 Å². The van der Waals surface area contributed by atoms with E-state index in [0.29, 0.717) is 6.61 Å². The number of amides is 1. The molecule has 0 unspecified atom stereocenters. The molecule has 23 heavy (non-hydrogen) atoms. The highest BCUT2D eigenvalue weighted by Crippen LogP contribution is 2.36. The molecule has 0 fully saturated rings. The average molecular weight is 403 g/mol. The second-order valence-electron chi connectivity index (χ2n) is 7.33. The third-order valence-electron chi connectivity index (χ3n) is 4.40. The van der Waals surface area contributed by atoms with Gasteiger partial charge in [0.15, 0.2) is 8.32 Å². The van der Waals surface area contributed by atoms with Gasteiger partial charge in [0, 0.05) is 0 Å². The Labute approximate surface area is 155 Å².